The molecule has 0 saturated heterocycles. The molecule has 0 N–H and O–H groups in total. The van der Waals surface area contributed by atoms with E-state index in [2.05, 4.69) is 17.0 Å². The van der Waals surface area contributed by atoms with Crippen molar-refractivity contribution in [1.82, 2.24) is 14.8 Å². The summed E-state index contributed by atoms with van der Waals surface area (Å²) in [5, 5.41) is 4.51. The summed E-state index contributed by atoms with van der Waals surface area (Å²) in [4.78, 5) is 19.6. The molecule has 6 nitrogen and oxygen atoms in total. The van der Waals surface area contributed by atoms with Crippen molar-refractivity contribution in [3.63, 3.8) is 0 Å². The van der Waals surface area contributed by atoms with Gasteiger partial charge in [-0.1, -0.05) is 0 Å². The Morgan fingerprint density at radius 3 is 2.50 bits per heavy atom. The number of pyridine rings is 1. The van der Waals surface area contributed by atoms with Crippen LogP contribution in [0.1, 0.15) is 40.3 Å². The molecule has 0 spiro atoms. The fraction of sp³-hybridized carbons (Fsp3) is 0.318. The average molecular weight is 376 g/mol. The third-order valence-electron chi connectivity index (χ3n) is 5.28. The highest BCUT2D eigenvalue weighted by atomic mass is 16.5. The number of nitrogens with zero attached hydrogens (tertiary/aromatic N) is 4. The number of carbonyl (C=O) groups excluding carboxylic acids is 1. The van der Waals surface area contributed by atoms with E-state index in [4.69, 9.17) is 4.74 Å². The number of carbonyl (C=O) groups is 1. The number of fused-ring (bicyclic) bond motifs is 1. The molecule has 0 radical (unpaired) electrons. The van der Waals surface area contributed by atoms with Crippen molar-refractivity contribution in [3.05, 3.63) is 59.2 Å². The van der Waals surface area contributed by atoms with Crippen molar-refractivity contribution < 1.29 is 9.53 Å². The van der Waals surface area contributed by atoms with Crippen molar-refractivity contribution in [2.24, 2.45) is 0 Å². The Morgan fingerprint density at radius 2 is 1.86 bits per heavy atom. The molecule has 1 amide bonds. The molecule has 4 rings (SSSR count). The molecule has 1 aromatic carbocycles. The zero-order valence-corrected chi connectivity index (χ0v) is 16.9. The third-order valence-corrected chi connectivity index (χ3v) is 5.28. The lowest BCUT2D eigenvalue weighted by molar-refractivity contribution is 0.0954. The quantitative estimate of drug-likeness (QED) is 0.690. The van der Waals surface area contributed by atoms with Crippen LogP contribution >= 0.6 is 0 Å². The maximum atomic E-state index is 13.5. The highest BCUT2D eigenvalue weighted by Crippen LogP contribution is 2.35. The van der Waals surface area contributed by atoms with Crippen molar-refractivity contribution in [3.8, 4) is 16.9 Å². The summed E-state index contributed by atoms with van der Waals surface area (Å²) in [6, 6.07) is 8.00. The molecule has 3 heterocycles. The SMILES string of the molecule is COc1c(C)cc(N2CC(C)n3ncc(-c4ccnc(C)c4)c3C2=O)cc1C. The van der Waals surface area contributed by atoms with Crippen molar-refractivity contribution in [1.29, 1.82) is 0 Å². The Kier molecular flexibility index (Phi) is 4.41. The summed E-state index contributed by atoms with van der Waals surface area (Å²) in [6.45, 7) is 8.61. The van der Waals surface area contributed by atoms with Crippen LogP contribution in [0.5, 0.6) is 5.75 Å². The van der Waals surface area contributed by atoms with E-state index in [-0.39, 0.29) is 11.9 Å². The van der Waals surface area contributed by atoms with Crippen LogP contribution in [0.4, 0.5) is 5.69 Å². The molecule has 0 saturated carbocycles. The molecule has 6 heteroatoms. The van der Waals surface area contributed by atoms with E-state index in [0.717, 1.165) is 39.4 Å². The molecule has 0 fully saturated rings. The van der Waals surface area contributed by atoms with Gasteiger partial charge in [-0.25, -0.2) is 0 Å². The number of anilines is 1. The number of aryl methyl sites for hydroxylation is 3. The van der Waals surface area contributed by atoms with E-state index in [1.54, 1.807) is 19.5 Å². The molecule has 3 aromatic rings. The van der Waals surface area contributed by atoms with Crippen molar-refractivity contribution in [2.45, 2.75) is 33.7 Å². The lowest BCUT2D eigenvalue weighted by Gasteiger charge is -2.33. The lowest BCUT2D eigenvalue weighted by Crippen LogP contribution is -2.42. The Hall–Kier alpha value is -3.15. The van der Waals surface area contributed by atoms with Crippen LogP contribution in [0.2, 0.25) is 0 Å². The monoisotopic (exact) mass is 376 g/mol. The predicted molar refractivity (Wildman–Crippen MR) is 109 cm³/mol. The largest absolute Gasteiger partial charge is 0.496 e. The third kappa shape index (κ3) is 2.85. The van der Waals surface area contributed by atoms with Gasteiger partial charge in [-0.3, -0.25) is 14.5 Å². The highest BCUT2D eigenvalue weighted by molar-refractivity contribution is 6.10. The number of hydrogen-bond donors (Lipinski definition) is 0. The highest BCUT2D eigenvalue weighted by Gasteiger charge is 2.34. The number of hydrogen-bond acceptors (Lipinski definition) is 4. The van der Waals surface area contributed by atoms with Gasteiger partial charge in [-0.05, 0) is 68.7 Å². The van der Waals surface area contributed by atoms with Crippen LogP contribution in [-0.2, 0) is 0 Å². The first-order valence-corrected chi connectivity index (χ1v) is 9.38. The number of methoxy groups -OCH3 is 1. The second-order valence-corrected chi connectivity index (χ2v) is 7.41. The summed E-state index contributed by atoms with van der Waals surface area (Å²) >= 11 is 0. The van der Waals surface area contributed by atoms with Gasteiger partial charge in [0, 0.05) is 29.7 Å². The first-order chi connectivity index (χ1) is 13.4. The first-order valence-electron chi connectivity index (χ1n) is 9.38. The van der Waals surface area contributed by atoms with Crippen LogP contribution < -0.4 is 9.64 Å². The Morgan fingerprint density at radius 1 is 1.14 bits per heavy atom. The van der Waals surface area contributed by atoms with Gasteiger partial charge < -0.3 is 9.64 Å². The standard InChI is InChI=1S/C22H24N4O2/c1-13-8-18(9-14(2)21(13)28-5)25-12-16(4)26-20(22(25)27)19(11-24-26)17-6-7-23-15(3)10-17/h6-11,16H,12H2,1-5H3. The average Bonchev–Trinajstić information content (AvgIpc) is 3.10. The second kappa shape index (κ2) is 6.78. The molecule has 144 valence electrons. The lowest BCUT2D eigenvalue weighted by atomic mass is 10.0. The van der Waals surface area contributed by atoms with Gasteiger partial charge in [0.2, 0.25) is 0 Å². The van der Waals surface area contributed by atoms with Gasteiger partial charge in [0.05, 0.1) is 19.3 Å². The molecular weight excluding hydrogens is 352 g/mol. The van der Waals surface area contributed by atoms with Gasteiger partial charge >= 0.3 is 0 Å². The molecule has 1 unspecified atom stereocenters. The number of rotatable bonds is 3. The fourth-order valence-corrected chi connectivity index (χ4v) is 4.01. The molecule has 0 bridgehead atoms. The first kappa shape index (κ1) is 18.2. The van der Waals surface area contributed by atoms with Gasteiger partial charge in [0.1, 0.15) is 11.4 Å². The summed E-state index contributed by atoms with van der Waals surface area (Å²) < 4.78 is 7.32. The maximum Gasteiger partial charge on any atom is 0.277 e. The molecular formula is C22H24N4O2. The van der Waals surface area contributed by atoms with Crippen LogP contribution in [0.25, 0.3) is 11.1 Å². The van der Waals surface area contributed by atoms with Crippen molar-refractivity contribution in [2.75, 3.05) is 18.6 Å². The number of aromatic nitrogens is 3. The Labute approximate surface area is 164 Å². The molecule has 1 aliphatic heterocycles. The normalized spacial score (nSPS) is 16.2. The molecule has 2 aromatic heterocycles. The van der Waals surface area contributed by atoms with E-state index in [1.807, 2.05) is 54.6 Å². The van der Waals surface area contributed by atoms with E-state index in [1.165, 1.54) is 0 Å². The minimum atomic E-state index is -0.0379. The van der Waals surface area contributed by atoms with Gasteiger partial charge in [-0.2, -0.15) is 5.10 Å². The molecule has 0 aliphatic carbocycles. The minimum Gasteiger partial charge on any atom is -0.496 e. The Balaban J connectivity index is 1.81. The van der Waals surface area contributed by atoms with Gasteiger partial charge in [0.25, 0.3) is 5.91 Å². The Bertz CT molecular complexity index is 1050. The summed E-state index contributed by atoms with van der Waals surface area (Å²) in [5.41, 5.74) is 6.25. The fourth-order valence-electron chi connectivity index (χ4n) is 4.01. The zero-order chi connectivity index (χ0) is 20.0. The molecule has 1 aliphatic rings. The van der Waals surface area contributed by atoms with Crippen molar-refractivity contribution >= 4 is 11.6 Å². The van der Waals surface area contributed by atoms with E-state index in [0.29, 0.717) is 12.2 Å². The van der Waals surface area contributed by atoms with Crippen LogP contribution in [0, 0.1) is 20.8 Å². The van der Waals surface area contributed by atoms with E-state index >= 15 is 0 Å². The summed E-state index contributed by atoms with van der Waals surface area (Å²) in [7, 11) is 1.67. The predicted octanol–water partition coefficient (Wildman–Crippen LogP) is 4.10. The van der Waals surface area contributed by atoms with E-state index in [9.17, 15) is 4.79 Å². The minimum absolute atomic E-state index is 0.0379. The van der Waals surface area contributed by atoms with Gasteiger partial charge in [0.15, 0.2) is 0 Å². The van der Waals surface area contributed by atoms with Crippen LogP contribution in [0.3, 0.4) is 0 Å². The smallest absolute Gasteiger partial charge is 0.277 e. The second-order valence-electron chi connectivity index (χ2n) is 7.41. The van der Waals surface area contributed by atoms with E-state index < -0.39 is 0 Å². The van der Waals surface area contributed by atoms with Gasteiger partial charge in [-0.15, -0.1) is 0 Å². The zero-order valence-electron chi connectivity index (χ0n) is 16.9. The number of benzene rings is 1. The summed E-state index contributed by atoms with van der Waals surface area (Å²) in [5.74, 6) is 0.822. The molecule has 28 heavy (non-hydrogen) atoms. The van der Waals surface area contributed by atoms with Crippen LogP contribution in [-0.4, -0.2) is 34.3 Å². The van der Waals surface area contributed by atoms with Crippen LogP contribution in [0.15, 0.2) is 36.7 Å². The topological polar surface area (TPSA) is 60.2 Å². The number of amides is 1. The number of ether oxygens (including phenoxy) is 1. The maximum absolute atomic E-state index is 13.5. The molecule has 1 atom stereocenters. The summed E-state index contributed by atoms with van der Waals surface area (Å²) in [6.07, 6.45) is 3.55.